The highest BCUT2D eigenvalue weighted by molar-refractivity contribution is 6.06. The Kier molecular flexibility index (Phi) is 17.7. The fourth-order valence-electron chi connectivity index (χ4n) is 10.2. The van der Waals surface area contributed by atoms with E-state index in [1.165, 1.54) is 4.90 Å². The Balaban J connectivity index is 0.912. The van der Waals surface area contributed by atoms with E-state index in [0.717, 1.165) is 63.3 Å². The van der Waals surface area contributed by atoms with Crippen LogP contribution in [0.1, 0.15) is 138 Å². The molecular weight excluding hydrogens is 919 g/mol. The van der Waals surface area contributed by atoms with E-state index in [0.29, 0.717) is 61.9 Å². The lowest BCUT2D eigenvalue weighted by Gasteiger charge is -2.37. The number of rotatable bonds is 20. The Bertz CT molecular complexity index is 2640. The summed E-state index contributed by atoms with van der Waals surface area (Å²) >= 11 is 0. The van der Waals surface area contributed by atoms with Gasteiger partial charge in [-0.25, -0.2) is 9.59 Å². The van der Waals surface area contributed by atoms with Gasteiger partial charge in [-0.15, -0.1) is 0 Å². The number of anilines is 1. The van der Waals surface area contributed by atoms with E-state index in [1.54, 1.807) is 37.3 Å². The summed E-state index contributed by atoms with van der Waals surface area (Å²) in [6.07, 6.45) is 4.11. The van der Waals surface area contributed by atoms with Crippen LogP contribution in [0.4, 0.5) is 10.5 Å². The highest BCUT2D eigenvalue weighted by Crippen LogP contribution is 2.35. The molecule has 7 rings (SSSR count). The molecule has 1 unspecified atom stereocenters. The second-order valence-electron chi connectivity index (χ2n) is 18.9. The number of imide groups is 1. The van der Waals surface area contributed by atoms with Crippen molar-refractivity contribution in [3.05, 3.63) is 123 Å². The smallest absolute Gasteiger partial charge is 0.407 e. The number of hydrogen-bond donors (Lipinski definition) is 3. The molecule has 0 radical (unpaired) electrons. The Morgan fingerprint density at radius 1 is 0.833 bits per heavy atom. The molecule has 3 aliphatic rings. The number of piperidine rings is 2. The predicted octanol–water partition coefficient (Wildman–Crippen LogP) is 8.22. The number of alkyl carbamates (subject to hydrolysis) is 1. The van der Waals surface area contributed by atoms with Crippen LogP contribution in [-0.2, 0) is 53.0 Å². The van der Waals surface area contributed by atoms with E-state index in [1.807, 2.05) is 76.2 Å². The average molecular weight is 986 g/mol. The Morgan fingerprint density at radius 2 is 1.58 bits per heavy atom. The predicted molar refractivity (Wildman–Crippen MR) is 269 cm³/mol. The lowest BCUT2D eigenvalue weighted by molar-refractivity contribution is -0.162. The van der Waals surface area contributed by atoms with E-state index in [-0.39, 0.29) is 62.6 Å². The van der Waals surface area contributed by atoms with Crippen LogP contribution in [0.2, 0.25) is 0 Å². The molecule has 2 fully saturated rings. The minimum Gasteiger partial charge on any atom is -0.496 e. The van der Waals surface area contributed by atoms with Gasteiger partial charge in [0.25, 0.3) is 5.91 Å². The molecule has 72 heavy (non-hydrogen) atoms. The lowest BCUT2D eigenvalue weighted by Crippen LogP contribution is -2.52. The molecule has 382 valence electrons. The van der Waals surface area contributed by atoms with E-state index < -0.39 is 42.1 Å². The van der Waals surface area contributed by atoms with Crippen molar-refractivity contribution in [2.45, 2.75) is 136 Å². The third-order valence-corrected chi connectivity index (χ3v) is 13.9. The number of amides is 6. The zero-order valence-corrected chi connectivity index (χ0v) is 42.2. The van der Waals surface area contributed by atoms with Crippen LogP contribution in [0.5, 0.6) is 11.5 Å². The summed E-state index contributed by atoms with van der Waals surface area (Å²) in [4.78, 5) is 94.8. The topological polar surface area (TPSA) is 199 Å². The number of methoxy groups -OCH3 is 2. The van der Waals surface area contributed by atoms with Crippen molar-refractivity contribution < 1.29 is 52.5 Å². The third-order valence-electron chi connectivity index (χ3n) is 13.9. The van der Waals surface area contributed by atoms with Crippen molar-refractivity contribution in [3.8, 4) is 11.5 Å². The van der Waals surface area contributed by atoms with Gasteiger partial charge in [-0.05, 0) is 136 Å². The quantitative estimate of drug-likeness (QED) is 0.0438. The monoisotopic (exact) mass is 985 g/mol. The van der Waals surface area contributed by atoms with Crippen LogP contribution in [0.15, 0.2) is 72.8 Å². The molecule has 0 aliphatic carbocycles. The number of fused-ring (bicyclic) bond motifs is 1. The van der Waals surface area contributed by atoms with E-state index >= 15 is 0 Å². The molecule has 4 aromatic rings. The van der Waals surface area contributed by atoms with Gasteiger partial charge in [-0.1, -0.05) is 61.5 Å². The maximum atomic E-state index is 14.4. The number of aryl methyl sites for hydroxylation is 4. The molecular formula is C56H67N5O11. The Morgan fingerprint density at radius 3 is 2.28 bits per heavy atom. The van der Waals surface area contributed by atoms with Gasteiger partial charge in [0.05, 0.1) is 20.1 Å². The molecule has 0 bridgehead atoms. The van der Waals surface area contributed by atoms with Gasteiger partial charge < -0.3 is 39.4 Å². The first kappa shape index (κ1) is 52.6. The number of carbonyl (C=O) groups is 7. The minimum atomic E-state index is -0.756. The van der Waals surface area contributed by atoms with Crippen LogP contribution in [0.3, 0.4) is 0 Å². The van der Waals surface area contributed by atoms with Crippen molar-refractivity contribution in [1.29, 1.82) is 0 Å². The molecule has 0 aromatic heterocycles. The highest BCUT2D eigenvalue weighted by atomic mass is 16.6. The summed E-state index contributed by atoms with van der Waals surface area (Å²) in [5.41, 5.74) is 7.90. The molecule has 0 spiro atoms. The SMILES string of the molecule is CC[C@H](C(=O)N1CCCC[C@H]1C(=O)O[C@H](CCc1ccc(OC)c(C)c1)c1ccc(COC(=O)NCCCCC(=O)Nc2cccc3c2CN(C2CCC(=O)NC2=O)C3=O)cc1)c1cc(C)c(OC)c(C)c1. The summed E-state index contributed by atoms with van der Waals surface area (Å²) in [5, 5.41) is 7.92. The van der Waals surface area contributed by atoms with Crippen molar-refractivity contribution in [1.82, 2.24) is 20.4 Å². The number of esters is 1. The molecule has 3 N–H and O–H groups in total. The number of nitrogens with zero attached hydrogens (tertiary/aromatic N) is 2. The second kappa shape index (κ2) is 24.3. The third kappa shape index (κ3) is 12.6. The van der Waals surface area contributed by atoms with Crippen LogP contribution >= 0.6 is 0 Å². The van der Waals surface area contributed by atoms with E-state index in [9.17, 15) is 33.6 Å². The lowest BCUT2D eigenvalue weighted by atomic mass is 9.90. The molecule has 2 saturated heterocycles. The molecule has 4 aromatic carbocycles. The number of unbranched alkanes of at least 4 members (excludes halogenated alkanes) is 1. The average Bonchev–Trinajstić information content (AvgIpc) is 3.70. The van der Waals surface area contributed by atoms with Crippen LogP contribution in [0.25, 0.3) is 0 Å². The van der Waals surface area contributed by atoms with Gasteiger partial charge in [0.1, 0.15) is 36.3 Å². The molecule has 6 amide bonds. The summed E-state index contributed by atoms with van der Waals surface area (Å²) in [7, 11) is 3.28. The number of ether oxygens (including phenoxy) is 4. The number of benzene rings is 4. The normalized spacial score (nSPS) is 17.3. The zero-order valence-electron chi connectivity index (χ0n) is 42.2. The van der Waals surface area contributed by atoms with Gasteiger partial charge in [-0.2, -0.15) is 0 Å². The minimum absolute atomic E-state index is 0.0000435. The first-order valence-electron chi connectivity index (χ1n) is 25.0. The van der Waals surface area contributed by atoms with Gasteiger partial charge in [0, 0.05) is 49.3 Å². The first-order chi connectivity index (χ1) is 34.7. The fraction of sp³-hybridized carbons (Fsp3) is 0.446. The largest absolute Gasteiger partial charge is 0.496 e. The zero-order chi connectivity index (χ0) is 51.5. The summed E-state index contributed by atoms with van der Waals surface area (Å²) in [5.74, 6) is -0.788. The van der Waals surface area contributed by atoms with E-state index in [2.05, 4.69) is 22.0 Å². The number of hydrogen-bond acceptors (Lipinski definition) is 11. The Hall–Kier alpha value is -7.23. The highest BCUT2D eigenvalue weighted by Gasteiger charge is 2.41. The van der Waals surface area contributed by atoms with Crippen LogP contribution < -0.4 is 25.4 Å². The Labute approximate surface area is 421 Å². The molecule has 0 saturated carbocycles. The molecule has 3 aliphatic heterocycles. The van der Waals surface area contributed by atoms with Gasteiger partial charge in [-0.3, -0.25) is 29.3 Å². The van der Waals surface area contributed by atoms with Gasteiger partial charge in [0.2, 0.25) is 23.6 Å². The number of carbonyl (C=O) groups excluding carboxylic acids is 7. The maximum absolute atomic E-state index is 14.4. The second-order valence-corrected chi connectivity index (χ2v) is 18.9. The standard InChI is InChI=1S/C56H67N5O11/c1-7-41(40-30-35(3)51(70-6)36(4)31-40)53(65)60-28-11-9-15-46(60)55(67)72-48(25-20-37-19-24-47(69-5)34(2)29-37)39-21-17-38(18-22-39)33-71-56(68)57-27-10-8-16-49(62)58-44-14-12-13-42-43(44)32-61(54(42)66)45-23-26-50(63)59-52(45)64/h12-14,17-19,21-22,24,29-31,41,45-46,48H,7-11,15-16,20,23,25-28,32-33H2,1-6H3,(H,57,68)(H,58,62)(H,59,63,64)/t41-,45?,46-,48+/m0/s1. The van der Waals surface area contributed by atoms with Crippen LogP contribution in [-0.4, -0.2) is 90.8 Å². The fourth-order valence-corrected chi connectivity index (χ4v) is 10.2. The van der Waals surface area contributed by atoms with Gasteiger partial charge in [0.15, 0.2) is 0 Å². The van der Waals surface area contributed by atoms with Crippen molar-refractivity contribution in [2.24, 2.45) is 0 Å². The summed E-state index contributed by atoms with van der Waals surface area (Å²) in [6.45, 7) is 8.82. The van der Waals surface area contributed by atoms with Crippen molar-refractivity contribution in [3.63, 3.8) is 0 Å². The summed E-state index contributed by atoms with van der Waals surface area (Å²) in [6, 6.07) is 21.0. The van der Waals surface area contributed by atoms with Gasteiger partial charge >= 0.3 is 12.1 Å². The first-order valence-corrected chi connectivity index (χ1v) is 25.0. The van der Waals surface area contributed by atoms with E-state index in [4.69, 9.17) is 18.9 Å². The summed E-state index contributed by atoms with van der Waals surface area (Å²) < 4.78 is 23.0. The molecule has 16 heteroatoms. The molecule has 16 nitrogen and oxygen atoms in total. The van der Waals surface area contributed by atoms with Crippen molar-refractivity contribution in [2.75, 3.05) is 32.6 Å². The molecule has 3 heterocycles. The maximum Gasteiger partial charge on any atom is 0.407 e. The number of nitrogens with one attached hydrogen (secondary N) is 3. The molecule has 4 atom stereocenters. The number of likely N-dealkylation sites (tertiary alicyclic amines) is 1. The van der Waals surface area contributed by atoms with Crippen LogP contribution in [0, 0.1) is 20.8 Å². The van der Waals surface area contributed by atoms with Crippen molar-refractivity contribution >= 4 is 47.3 Å².